The lowest BCUT2D eigenvalue weighted by atomic mass is 9.93. The van der Waals surface area contributed by atoms with E-state index in [9.17, 15) is 18.8 Å². The lowest BCUT2D eigenvalue weighted by Crippen LogP contribution is -2.39. The summed E-state index contributed by atoms with van der Waals surface area (Å²) in [7, 11) is 2.83. The third-order valence-corrected chi connectivity index (χ3v) is 9.63. The number of anilines is 2. The number of carbonyl (C=O) groups excluding carboxylic acids is 3. The molecule has 0 saturated heterocycles. The molecule has 2 aliphatic heterocycles. The van der Waals surface area contributed by atoms with Gasteiger partial charge in [-0.25, -0.2) is 9.29 Å². The average molecular weight is 655 g/mol. The highest BCUT2D eigenvalue weighted by Crippen LogP contribution is 2.51. The molecule has 2 aromatic rings. The van der Waals surface area contributed by atoms with Crippen LogP contribution in [0.25, 0.3) is 0 Å². The number of fused-ring (bicyclic) bond motifs is 1. The van der Waals surface area contributed by atoms with E-state index in [-0.39, 0.29) is 36.2 Å². The maximum absolute atomic E-state index is 14.7. The second-order valence-electron chi connectivity index (χ2n) is 9.32. The number of imide groups is 1. The molecule has 0 aromatic heterocycles. The SMILES string of the molecule is C#CCN1C(=O)COc2cc(F)c(N3C(=O)C4=C(CCCC4)C3=O)cc21.COP(=S)(OC)Oc1c(Cl)cc(C)cc1Cl. The Morgan fingerprint density at radius 1 is 1.02 bits per heavy atom. The Bertz CT molecular complexity index is 1530. The number of hydrogen-bond acceptors (Lipinski definition) is 8. The lowest BCUT2D eigenvalue weighted by Gasteiger charge is -2.29. The Hall–Kier alpha value is -2.97. The molecule has 0 unspecified atom stereocenters. The first kappa shape index (κ1) is 32.0. The van der Waals surface area contributed by atoms with E-state index >= 15 is 0 Å². The first-order valence-corrected chi connectivity index (χ1v) is 15.9. The zero-order valence-corrected chi connectivity index (χ0v) is 26.1. The van der Waals surface area contributed by atoms with Crippen molar-refractivity contribution in [2.75, 3.05) is 37.2 Å². The van der Waals surface area contributed by atoms with Gasteiger partial charge in [-0.15, -0.1) is 6.42 Å². The Morgan fingerprint density at radius 2 is 1.60 bits per heavy atom. The van der Waals surface area contributed by atoms with Gasteiger partial charge in [0, 0.05) is 43.2 Å². The molecule has 0 spiro atoms. The summed E-state index contributed by atoms with van der Waals surface area (Å²) in [6.45, 7) is -1.19. The number of carbonyl (C=O) groups is 3. The van der Waals surface area contributed by atoms with Crippen LogP contribution in [0.4, 0.5) is 15.8 Å². The van der Waals surface area contributed by atoms with E-state index < -0.39 is 24.4 Å². The standard InChI is InChI=1S/C19H15FN2O4.C9H11Cl2O3PS/c1-2-7-21-15-9-14(13(20)8-16(15)26-10-17(21)23)22-18(24)11-5-3-4-6-12(11)19(22)25;1-6-4-7(10)9(8(11)5-6)14-15(16,12-2)13-3/h1,8-9H,3-7,10H2;4-5H,1-3H3. The molecule has 0 fully saturated rings. The van der Waals surface area contributed by atoms with E-state index in [0.717, 1.165) is 29.4 Å². The second-order valence-corrected chi connectivity index (χ2v) is 13.3. The summed E-state index contributed by atoms with van der Waals surface area (Å²) >= 11 is 17.1. The quantitative estimate of drug-likeness (QED) is 0.209. The molecule has 42 heavy (non-hydrogen) atoms. The number of halogens is 3. The fourth-order valence-corrected chi connectivity index (χ4v) is 6.36. The third kappa shape index (κ3) is 6.35. The maximum Gasteiger partial charge on any atom is 0.380 e. The van der Waals surface area contributed by atoms with Crippen molar-refractivity contribution < 1.29 is 37.1 Å². The molecule has 222 valence electrons. The number of terminal acetylenes is 1. The number of aryl methyl sites for hydroxylation is 1. The van der Waals surface area contributed by atoms with Gasteiger partial charge in [0.25, 0.3) is 17.7 Å². The predicted molar refractivity (Wildman–Crippen MR) is 161 cm³/mol. The van der Waals surface area contributed by atoms with Gasteiger partial charge < -0.3 is 18.3 Å². The normalized spacial score (nSPS) is 16.4. The van der Waals surface area contributed by atoms with E-state index in [1.807, 2.05) is 6.92 Å². The van der Waals surface area contributed by atoms with Gasteiger partial charge in [0.05, 0.1) is 28.0 Å². The van der Waals surface area contributed by atoms with Crippen LogP contribution >= 0.6 is 29.9 Å². The predicted octanol–water partition coefficient (Wildman–Crippen LogP) is 6.13. The number of hydrogen-bond donors (Lipinski definition) is 0. The van der Waals surface area contributed by atoms with E-state index in [0.29, 0.717) is 39.8 Å². The van der Waals surface area contributed by atoms with E-state index in [2.05, 4.69) is 5.92 Å². The number of amides is 3. The van der Waals surface area contributed by atoms with Crippen LogP contribution in [-0.4, -0.2) is 45.1 Å². The fraction of sp³-hybridized carbons (Fsp3) is 0.321. The minimum atomic E-state index is -2.81. The minimum Gasteiger partial charge on any atom is -0.481 e. The summed E-state index contributed by atoms with van der Waals surface area (Å²) in [6.07, 6.45) is 8.01. The van der Waals surface area contributed by atoms with E-state index in [1.54, 1.807) is 12.1 Å². The Morgan fingerprint density at radius 3 is 2.12 bits per heavy atom. The van der Waals surface area contributed by atoms with Gasteiger partial charge in [-0.2, -0.15) is 0 Å². The summed E-state index contributed by atoms with van der Waals surface area (Å²) in [5.41, 5.74) is 1.93. The van der Waals surface area contributed by atoms with Crippen LogP contribution < -0.4 is 19.1 Å². The third-order valence-electron chi connectivity index (χ3n) is 6.64. The smallest absolute Gasteiger partial charge is 0.380 e. The Labute approximate surface area is 257 Å². The molecule has 1 aliphatic carbocycles. The molecule has 3 amide bonds. The van der Waals surface area contributed by atoms with Crippen molar-refractivity contribution in [3.05, 3.63) is 56.8 Å². The van der Waals surface area contributed by atoms with Crippen molar-refractivity contribution >= 4 is 70.8 Å². The molecule has 0 atom stereocenters. The van der Waals surface area contributed by atoms with E-state index in [4.69, 9.17) is 59.7 Å². The molecule has 9 nitrogen and oxygen atoms in total. The average Bonchev–Trinajstić information content (AvgIpc) is 3.22. The van der Waals surface area contributed by atoms with Crippen molar-refractivity contribution in [2.45, 2.75) is 32.6 Å². The van der Waals surface area contributed by atoms with Crippen LogP contribution in [0.2, 0.25) is 10.0 Å². The highest BCUT2D eigenvalue weighted by atomic mass is 35.5. The van der Waals surface area contributed by atoms with Crippen LogP contribution in [-0.2, 0) is 35.2 Å². The molecular formula is C28H26Cl2FN2O7PS. The van der Waals surface area contributed by atoms with Gasteiger partial charge in [-0.3, -0.25) is 19.3 Å². The van der Waals surface area contributed by atoms with Crippen LogP contribution in [0.15, 0.2) is 35.4 Å². The number of ether oxygens (including phenoxy) is 1. The van der Waals surface area contributed by atoms with Gasteiger partial charge in [-0.05, 0) is 56.4 Å². The van der Waals surface area contributed by atoms with Gasteiger partial charge in [0.15, 0.2) is 18.2 Å². The number of rotatable bonds is 6. The van der Waals surface area contributed by atoms with Crippen LogP contribution in [0.3, 0.4) is 0 Å². The highest BCUT2D eigenvalue weighted by molar-refractivity contribution is 8.07. The molecule has 5 rings (SSSR count). The zero-order valence-electron chi connectivity index (χ0n) is 22.9. The zero-order chi connectivity index (χ0) is 30.8. The Kier molecular flexibility index (Phi) is 9.99. The van der Waals surface area contributed by atoms with Crippen LogP contribution in [0.5, 0.6) is 11.5 Å². The summed E-state index contributed by atoms with van der Waals surface area (Å²) in [4.78, 5) is 39.5. The first-order chi connectivity index (χ1) is 19.9. The molecular weight excluding hydrogens is 629 g/mol. The summed E-state index contributed by atoms with van der Waals surface area (Å²) in [5.74, 6) is 0.698. The van der Waals surface area contributed by atoms with Gasteiger partial charge in [0.2, 0.25) is 0 Å². The van der Waals surface area contributed by atoms with Crippen LogP contribution in [0, 0.1) is 25.1 Å². The molecule has 2 aromatic carbocycles. The van der Waals surface area contributed by atoms with Crippen molar-refractivity contribution in [3.63, 3.8) is 0 Å². The molecule has 14 heteroatoms. The van der Waals surface area contributed by atoms with Gasteiger partial charge >= 0.3 is 6.72 Å². The van der Waals surface area contributed by atoms with E-state index in [1.165, 1.54) is 25.2 Å². The molecule has 0 bridgehead atoms. The minimum absolute atomic E-state index is 0.0170. The lowest BCUT2D eigenvalue weighted by molar-refractivity contribution is -0.121. The molecule has 0 radical (unpaired) electrons. The molecule has 3 aliphatic rings. The largest absolute Gasteiger partial charge is 0.481 e. The Balaban J connectivity index is 0.000000219. The summed E-state index contributed by atoms with van der Waals surface area (Å²) in [6, 6.07) is 5.83. The first-order valence-electron chi connectivity index (χ1n) is 12.6. The second kappa shape index (κ2) is 13.1. The van der Waals surface area contributed by atoms with Crippen molar-refractivity contribution in [1.29, 1.82) is 0 Å². The maximum atomic E-state index is 14.7. The number of nitrogens with zero attached hydrogens (tertiary/aromatic N) is 2. The fourth-order valence-electron chi connectivity index (χ4n) is 4.64. The summed E-state index contributed by atoms with van der Waals surface area (Å²) in [5, 5.41) is 0.765. The molecule has 0 saturated carbocycles. The topological polar surface area (TPSA) is 94.6 Å². The monoisotopic (exact) mass is 654 g/mol. The van der Waals surface area contributed by atoms with Gasteiger partial charge in [0.1, 0.15) is 5.75 Å². The van der Waals surface area contributed by atoms with Crippen molar-refractivity contribution in [2.24, 2.45) is 0 Å². The summed E-state index contributed by atoms with van der Waals surface area (Å²) < 4.78 is 35.4. The molecule has 2 heterocycles. The molecule has 0 N–H and O–H groups in total. The van der Waals surface area contributed by atoms with Crippen LogP contribution in [0.1, 0.15) is 31.2 Å². The van der Waals surface area contributed by atoms with Gasteiger partial charge in [-0.1, -0.05) is 29.1 Å². The van der Waals surface area contributed by atoms with Crippen molar-refractivity contribution in [1.82, 2.24) is 0 Å². The highest BCUT2D eigenvalue weighted by Gasteiger charge is 2.41. The number of benzene rings is 2. The van der Waals surface area contributed by atoms with Crippen molar-refractivity contribution in [3.8, 4) is 23.8 Å².